The normalized spacial score (nSPS) is 19.5. The number of nitrogens with zero attached hydrogens (tertiary/aromatic N) is 1. The maximum Gasteiger partial charge on any atom is 0.416 e. The molecule has 0 spiro atoms. The summed E-state index contributed by atoms with van der Waals surface area (Å²) in [5, 5.41) is 7.35. The van der Waals surface area contributed by atoms with Gasteiger partial charge in [-0.05, 0) is 48.4 Å². The number of benzene rings is 2. The van der Waals surface area contributed by atoms with E-state index in [1.807, 2.05) is 0 Å². The second kappa shape index (κ2) is 7.86. The molecule has 1 N–H and O–H groups in total. The first-order chi connectivity index (χ1) is 12.4. The number of hydrogen-bond acceptors (Lipinski definition) is 3. The molecule has 1 aliphatic heterocycles. The third-order valence-electron chi connectivity index (χ3n) is 4.28. The van der Waals surface area contributed by atoms with Crippen LogP contribution >= 0.6 is 0 Å². The van der Waals surface area contributed by atoms with Crippen molar-refractivity contribution in [3.8, 4) is 0 Å². The van der Waals surface area contributed by atoms with E-state index in [1.165, 1.54) is 24.3 Å². The monoisotopic (exact) mass is 366 g/mol. The third-order valence-corrected chi connectivity index (χ3v) is 4.28. The number of oxime groups is 1. The summed E-state index contributed by atoms with van der Waals surface area (Å²) < 4.78 is 51.0. The first kappa shape index (κ1) is 18.4. The molecule has 138 valence electrons. The zero-order valence-electron chi connectivity index (χ0n) is 13.9. The van der Waals surface area contributed by atoms with Gasteiger partial charge in [-0.15, -0.1) is 0 Å². The molecule has 1 fully saturated rings. The van der Waals surface area contributed by atoms with Crippen molar-refractivity contribution in [2.45, 2.75) is 25.1 Å². The smallest absolute Gasteiger partial charge is 0.391 e. The first-order valence-corrected chi connectivity index (χ1v) is 8.24. The highest BCUT2D eigenvalue weighted by Crippen LogP contribution is 2.31. The maximum absolute atomic E-state index is 12.9. The SMILES string of the molecule is Fc1ccc(CO/N=C2\CNCCC2c2ccc(C(F)(F)F)cc2)cc1. The van der Waals surface area contributed by atoms with Crippen molar-refractivity contribution in [2.24, 2.45) is 5.16 Å². The molecular weight excluding hydrogens is 348 g/mol. The zero-order chi connectivity index (χ0) is 18.6. The lowest BCUT2D eigenvalue weighted by molar-refractivity contribution is -0.137. The largest absolute Gasteiger partial charge is 0.416 e. The van der Waals surface area contributed by atoms with Crippen molar-refractivity contribution in [1.82, 2.24) is 5.32 Å². The van der Waals surface area contributed by atoms with E-state index in [1.54, 1.807) is 12.1 Å². The summed E-state index contributed by atoms with van der Waals surface area (Å²) >= 11 is 0. The van der Waals surface area contributed by atoms with Crippen LogP contribution in [0.2, 0.25) is 0 Å². The fraction of sp³-hybridized carbons (Fsp3) is 0.316. The summed E-state index contributed by atoms with van der Waals surface area (Å²) in [7, 11) is 0. The van der Waals surface area contributed by atoms with Gasteiger partial charge in [0.05, 0.1) is 11.3 Å². The molecule has 0 aliphatic carbocycles. The van der Waals surface area contributed by atoms with Crippen LogP contribution in [0.15, 0.2) is 53.7 Å². The number of hydrogen-bond donors (Lipinski definition) is 1. The van der Waals surface area contributed by atoms with Gasteiger partial charge in [0.15, 0.2) is 0 Å². The Hall–Kier alpha value is -2.41. The maximum atomic E-state index is 12.9. The van der Waals surface area contributed by atoms with E-state index in [9.17, 15) is 17.6 Å². The van der Waals surface area contributed by atoms with Crippen LogP contribution in [0.4, 0.5) is 17.6 Å². The van der Waals surface area contributed by atoms with Crippen LogP contribution < -0.4 is 5.32 Å². The molecule has 0 radical (unpaired) electrons. The van der Waals surface area contributed by atoms with Gasteiger partial charge in [-0.25, -0.2) is 4.39 Å². The summed E-state index contributed by atoms with van der Waals surface area (Å²) in [5.74, 6) is -0.411. The van der Waals surface area contributed by atoms with Gasteiger partial charge in [-0.3, -0.25) is 0 Å². The molecule has 1 unspecified atom stereocenters. The lowest BCUT2D eigenvalue weighted by Gasteiger charge is -2.25. The van der Waals surface area contributed by atoms with E-state index in [2.05, 4.69) is 10.5 Å². The van der Waals surface area contributed by atoms with Crippen LogP contribution in [0.1, 0.15) is 29.0 Å². The molecule has 2 aromatic carbocycles. The van der Waals surface area contributed by atoms with Crippen LogP contribution in [0.5, 0.6) is 0 Å². The molecule has 7 heteroatoms. The van der Waals surface area contributed by atoms with Gasteiger partial charge in [0, 0.05) is 12.5 Å². The van der Waals surface area contributed by atoms with E-state index in [0.29, 0.717) is 6.54 Å². The molecule has 1 atom stereocenters. The lowest BCUT2D eigenvalue weighted by atomic mass is 9.88. The number of halogens is 4. The topological polar surface area (TPSA) is 33.6 Å². The Balaban J connectivity index is 1.70. The molecule has 26 heavy (non-hydrogen) atoms. The second-order valence-corrected chi connectivity index (χ2v) is 6.12. The molecule has 1 heterocycles. The van der Waals surface area contributed by atoms with E-state index in [0.717, 1.165) is 41.9 Å². The highest BCUT2D eigenvalue weighted by molar-refractivity contribution is 5.93. The van der Waals surface area contributed by atoms with Crippen LogP contribution in [0, 0.1) is 5.82 Å². The predicted octanol–water partition coefficient (Wildman–Crippen LogP) is 4.49. The lowest BCUT2D eigenvalue weighted by Crippen LogP contribution is -2.36. The fourth-order valence-electron chi connectivity index (χ4n) is 2.88. The van der Waals surface area contributed by atoms with Crippen LogP contribution in [-0.2, 0) is 17.6 Å². The highest BCUT2D eigenvalue weighted by Gasteiger charge is 2.31. The summed E-state index contributed by atoms with van der Waals surface area (Å²) in [6, 6.07) is 11.1. The zero-order valence-corrected chi connectivity index (χ0v) is 13.9. The van der Waals surface area contributed by atoms with Crippen molar-refractivity contribution in [2.75, 3.05) is 13.1 Å². The van der Waals surface area contributed by atoms with Gasteiger partial charge in [-0.2, -0.15) is 13.2 Å². The summed E-state index contributed by atoms with van der Waals surface area (Å²) in [4.78, 5) is 5.37. The van der Waals surface area contributed by atoms with Gasteiger partial charge in [-0.1, -0.05) is 29.4 Å². The van der Waals surface area contributed by atoms with E-state index in [-0.39, 0.29) is 18.3 Å². The summed E-state index contributed by atoms with van der Waals surface area (Å²) in [5.41, 5.74) is 1.63. The standard InChI is InChI=1S/C19H18F4N2O/c20-16-7-1-13(2-8-16)12-26-25-18-11-24-10-9-17(18)14-3-5-15(6-4-14)19(21,22)23/h1-8,17,24H,9-12H2/b25-18+. The third kappa shape index (κ3) is 4.60. The molecule has 1 saturated heterocycles. The summed E-state index contributed by atoms with van der Waals surface area (Å²) in [6.45, 7) is 1.46. The van der Waals surface area contributed by atoms with Gasteiger partial charge < -0.3 is 10.2 Å². The van der Waals surface area contributed by atoms with Crippen molar-refractivity contribution in [3.05, 3.63) is 71.0 Å². The molecule has 0 aromatic heterocycles. The number of rotatable bonds is 4. The Morgan fingerprint density at radius 3 is 2.38 bits per heavy atom. The first-order valence-electron chi connectivity index (χ1n) is 8.24. The molecule has 2 aromatic rings. The summed E-state index contributed by atoms with van der Waals surface area (Å²) in [6.07, 6.45) is -3.62. The van der Waals surface area contributed by atoms with Crippen LogP contribution in [0.25, 0.3) is 0 Å². The quantitative estimate of drug-likeness (QED) is 0.639. The van der Waals surface area contributed by atoms with Crippen molar-refractivity contribution in [3.63, 3.8) is 0 Å². The fourth-order valence-corrected chi connectivity index (χ4v) is 2.88. The van der Waals surface area contributed by atoms with E-state index in [4.69, 9.17) is 4.84 Å². The molecule has 0 saturated carbocycles. The van der Waals surface area contributed by atoms with Crippen molar-refractivity contribution in [1.29, 1.82) is 0 Å². The Morgan fingerprint density at radius 1 is 1.04 bits per heavy atom. The van der Waals surface area contributed by atoms with Gasteiger partial charge in [0.2, 0.25) is 0 Å². The molecule has 0 amide bonds. The average Bonchev–Trinajstić information content (AvgIpc) is 2.63. The molecule has 3 rings (SSSR count). The minimum atomic E-state index is -4.35. The molecule has 1 aliphatic rings. The van der Waals surface area contributed by atoms with E-state index < -0.39 is 11.7 Å². The van der Waals surface area contributed by atoms with Gasteiger partial charge >= 0.3 is 6.18 Å². The molecule has 0 bridgehead atoms. The highest BCUT2D eigenvalue weighted by atomic mass is 19.4. The van der Waals surface area contributed by atoms with Crippen molar-refractivity contribution < 1.29 is 22.4 Å². The minimum Gasteiger partial charge on any atom is -0.391 e. The Kier molecular flexibility index (Phi) is 5.56. The minimum absolute atomic E-state index is 0.0910. The molecular formula is C19H18F4N2O. The Morgan fingerprint density at radius 2 is 1.73 bits per heavy atom. The average molecular weight is 366 g/mol. The van der Waals surface area contributed by atoms with Crippen LogP contribution in [-0.4, -0.2) is 18.8 Å². The second-order valence-electron chi connectivity index (χ2n) is 6.12. The number of piperidine rings is 1. The number of alkyl halides is 3. The van der Waals surface area contributed by atoms with Gasteiger partial charge in [0.1, 0.15) is 12.4 Å². The van der Waals surface area contributed by atoms with E-state index >= 15 is 0 Å². The Labute approximate surface area is 148 Å². The molecule has 3 nitrogen and oxygen atoms in total. The predicted molar refractivity (Wildman–Crippen MR) is 90.3 cm³/mol. The number of nitrogens with one attached hydrogen (secondary N) is 1. The van der Waals surface area contributed by atoms with Gasteiger partial charge in [0.25, 0.3) is 0 Å². The Bertz CT molecular complexity index is 755. The van der Waals surface area contributed by atoms with Crippen LogP contribution in [0.3, 0.4) is 0 Å². The van der Waals surface area contributed by atoms with Crippen molar-refractivity contribution >= 4 is 5.71 Å².